The molecule has 3 aromatic rings. The van der Waals surface area contributed by atoms with Crippen LogP contribution in [-0.2, 0) is 0 Å². The largest absolute Gasteiger partial charge is 0.0622 e. The predicted molar refractivity (Wildman–Crippen MR) is 101 cm³/mol. The lowest BCUT2D eigenvalue weighted by atomic mass is 9.99. The SMILES string of the molecule is Cc1cc(C#Cc2ccccc2)c(C#Cc2ccccc2)cc1C. The van der Waals surface area contributed by atoms with E-state index in [-0.39, 0.29) is 0 Å². The molecular formula is C24H18. The predicted octanol–water partition coefficient (Wildman–Crippen LogP) is 5.10. The Balaban J connectivity index is 2.02. The molecule has 0 heterocycles. The minimum absolute atomic E-state index is 0.977. The molecule has 0 aliphatic rings. The lowest BCUT2D eigenvalue weighted by Crippen LogP contribution is -1.90. The molecule has 0 saturated heterocycles. The van der Waals surface area contributed by atoms with Crippen molar-refractivity contribution in [3.8, 4) is 23.7 Å². The molecule has 3 rings (SSSR count). The summed E-state index contributed by atoms with van der Waals surface area (Å²) in [6.45, 7) is 4.22. The van der Waals surface area contributed by atoms with Gasteiger partial charge < -0.3 is 0 Å². The van der Waals surface area contributed by atoms with Crippen LogP contribution in [0.25, 0.3) is 0 Å². The summed E-state index contributed by atoms with van der Waals surface area (Å²) in [4.78, 5) is 0. The third kappa shape index (κ3) is 3.95. The van der Waals surface area contributed by atoms with Crippen molar-refractivity contribution in [1.82, 2.24) is 0 Å². The quantitative estimate of drug-likeness (QED) is 0.507. The Bertz CT molecular complexity index is 874. The van der Waals surface area contributed by atoms with E-state index in [1.807, 2.05) is 60.7 Å². The Kier molecular flexibility index (Phi) is 4.81. The molecule has 0 atom stereocenters. The van der Waals surface area contributed by atoms with Gasteiger partial charge in [0.2, 0.25) is 0 Å². The van der Waals surface area contributed by atoms with Gasteiger partial charge in [-0.15, -0.1) is 0 Å². The van der Waals surface area contributed by atoms with Gasteiger partial charge in [-0.1, -0.05) is 60.1 Å². The van der Waals surface area contributed by atoms with Crippen LogP contribution < -0.4 is 0 Å². The third-order valence-electron chi connectivity index (χ3n) is 3.86. The smallest absolute Gasteiger partial charge is 0.0408 e. The fraction of sp³-hybridized carbons (Fsp3) is 0.0833. The second-order valence-electron chi connectivity index (χ2n) is 5.71. The summed E-state index contributed by atoms with van der Waals surface area (Å²) < 4.78 is 0. The molecule has 0 nitrogen and oxygen atoms in total. The number of rotatable bonds is 0. The Morgan fingerprint density at radius 3 is 1.25 bits per heavy atom. The average Bonchev–Trinajstić information content (AvgIpc) is 2.63. The molecule has 0 fully saturated rings. The van der Waals surface area contributed by atoms with Gasteiger partial charge in [0.25, 0.3) is 0 Å². The molecule has 24 heavy (non-hydrogen) atoms. The van der Waals surface area contributed by atoms with Crippen LogP contribution in [-0.4, -0.2) is 0 Å². The van der Waals surface area contributed by atoms with Crippen molar-refractivity contribution in [2.24, 2.45) is 0 Å². The number of hydrogen-bond acceptors (Lipinski definition) is 0. The number of aryl methyl sites for hydroxylation is 2. The zero-order chi connectivity index (χ0) is 16.8. The Hall–Kier alpha value is -3.22. The first-order valence-corrected chi connectivity index (χ1v) is 7.98. The van der Waals surface area contributed by atoms with Crippen molar-refractivity contribution in [3.63, 3.8) is 0 Å². The summed E-state index contributed by atoms with van der Waals surface area (Å²) in [5.74, 6) is 13.0. The summed E-state index contributed by atoms with van der Waals surface area (Å²) in [6, 6.07) is 24.3. The van der Waals surface area contributed by atoms with Crippen molar-refractivity contribution in [2.75, 3.05) is 0 Å². The average molecular weight is 306 g/mol. The van der Waals surface area contributed by atoms with Crippen LogP contribution in [0.5, 0.6) is 0 Å². The van der Waals surface area contributed by atoms with Crippen molar-refractivity contribution < 1.29 is 0 Å². The zero-order valence-electron chi connectivity index (χ0n) is 13.9. The Morgan fingerprint density at radius 1 is 0.500 bits per heavy atom. The van der Waals surface area contributed by atoms with Crippen LogP contribution in [0.2, 0.25) is 0 Å². The molecule has 0 unspecified atom stereocenters. The molecular weight excluding hydrogens is 288 g/mol. The maximum Gasteiger partial charge on any atom is 0.0408 e. The fourth-order valence-corrected chi connectivity index (χ4v) is 2.35. The van der Waals surface area contributed by atoms with E-state index in [1.165, 1.54) is 11.1 Å². The van der Waals surface area contributed by atoms with Gasteiger partial charge in [-0.25, -0.2) is 0 Å². The van der Waals surface area contributed by atoms with Gasteiger partial charge in [0.05, 0.1) is 0 Å². The first kappa shape index (κ1) is 15.7. The molecule has 0 aromatic heterocycles. The number of benzene rings is 3. The van der Waals surface area contributed by atoms with Crippen molar-refractivity contribution >= 4 is 0 Å². The summed E-state index contributed by atoms with van der Waals surface area (Å²) >= 11 is 0. The van der Waals surface area contributed by atoms with E-state index < -0.39 is 0 Å². The molecule has 0 amide bonds. The van der Waals surface area contributed by atoms with Crippen molar-refractivity contribution in [2.45, 2.75) is 13.8 Å². The highest BCUT2D eigenvalue weighted by molar-refractivity contribution is 5.57. The third-order valence-corrected chi connectivity index (χ3v) is 3.86. The normalized spacial score (nSPS) is 9.42. The minimum atomic E-state index is 0.977. The molecule has 0 N–H and O–H groups in total. The standard InChI is InChI=1S/C24H18/c1-19-17-23(15-13-21-9-5-3-6-10-21)24(18-20(19)2)16-14-22-11-7-4-8-12-22/h3-12,17-18H,1-2H3. The van der Waals surface area contributed by atoms with E-state index in [2.05, 4.69) is 49.7 Å². The topological polar surface area (TPSA) is 0 Å². The van der Waals surface area contributed by atoms with Gasteiger partial charge >= 0.3 is 0 Å². The van der Waals surface area contributed by atoms with Crippen molar-refractivity contribution in [1.29, 1.82) is 0 Å². The second-order valence-corrected chi connectivity index (χ2v) is 5.71. The van der Waals surface area contributed by atoms with Crippen LogP contribution >= 0.6 is 0 Å². The second kappa shape index (κ2) is 7.36. The molecule has 0 spiro atoms. The van der Waals surface area contributed by atoms with Gasteiger partial charge in [-0.3, -0.25) is 0 Å². The van der Waals surface area contributed by atoms with Gasteiger partial charge in [0, 0.05) is 22.3 Å². The van der Waals surface area contributed by atoms with E-state index in [4.69, 9.17) is 0 Å². The maximum absolute atomic E-state index is 3.28. The maximum atomic E-state index is 3.28. The minimum Gasteiger partial charge on any atom is -0.0622 e. The van der Waals surface area contributed by atoms with Crippen LogP contribution in [0.15, 0.2) is 72.8 Å². The summed E-state index contributed by atoms with van der Waals surface area (Å²) in [6.07, 6.45) is 0. The molecule has 0 radical (unpaired) electrons. The highest BCUT2D eigenvalue weighted by atomic mass is 14.0. The van der Waals surface area contributed by atoms with Crippen LogP contribution in [0.4, 0.5) is 0 Å². The van der Waals surface area contributed by atoms with Crippen LogP contribution in [0, 0.1) is 37.5 Å². The van der Waals surface area contributed by atoms with E-state index >= 15 is 0 Å². The molecule has 0 aliphatic heterocycles. The highest BCUT2D eigenvalue weighted by Gasteiger charge is 2.01. The molecule has 0 bridgehead atoms. The van der Waals surface area contributed by atoms with Crippen LogP contribution in [0.1, 0.15) is 33.4 Å². The Morgan fingerprint density at radius 2 is 0.875 bits per heavy atom. The first-order valence-electron chi connectivity index (χ1n) is 7.98. The molecule has 0 aliphatic carbocycles. The van der Waals surface area contributed by atoms with E-state index in [1.54, 1.807) is 0 Å². The van der Waals surface area contributed by atoms with Gasteiger partial charge in [-0.2, -0.15) is 0 Å². The highest BCUT2D eigenvalue weighted by Crippen LogP contribution is 2.15. The van der Waals surface area contributed by atoms with Gasteiger partial charge in [0.15, 0.2) is 0 Å². The lowest BCUT2D eigenvalue weighted by molar-refractivity contribution is 1.32. The van der Waals surface area contributed by atoms with Gasteiger partial charge in [0.1, 0.15) is 0 Å². The summed E-state index contributed by atoms with van der Waals surface area (Å²) in [7, 11) is 0. The molecule has 0 heteroatoms. The van der Waals surface area contributed by atoms with E-state index in [9.17, 15) is 0 Å². The zero-order valence-corrected chi connectivity index (χ0v) is 13.9. The fourth-order valence-electron chi connectivity index (χ4n) is 2.35. The molecule has 3 aromatic carbocycles. The molecule has 0 saturated carbocycles. The Labute approximate surface area is 144 Å². The van der Waals surface area contributed by atoms with E-state index in [0.29, 0.717) is 0 Å². The van der Waals surface area contributed by atoms with E-state index in [0.717, 1.165) is 22.3 Å². The summed E-state index contributed by atoms with van der Waals surface area (Å²) in [5, 5.41) is 0. The monoisotopic (exact) mass is 306 g/mol. The summed E-state index contributed by atoms with van der Waals surface area (Å²) in [5.41, 5.74) is 6.45. The lowest BCUT2D eigenvalue weighted by Gasteiger charge is -2.04. The van der Waals surface area contributed by atoms with Crippen molar-refractivity contribution in [3.05, 3.63) is 106 Å². The van der Waals surface area contributed by atoms with Crippen LogP contribution in [0.3, 0.4) is 0 Å². The first-order chi connectivity index (χ1) is 11.7. The number of hydrogen-bond donors (Lipinski definition) is 0. The molecule has 114 valence electrons. The van der Waals surface area contributed by atoms with Gasteiger partial charge in [-0.05, 0) is 61.4 Å².